The first kappa shape index (κ1) is 16.6. The number of carbonyl (C=O) groups is 2. The molecule has 1 atom stereocenters. The van der Waals surface area contributed by atoms with Gasteiger partial charge in [0.05, 0.1) is 44.1 Å². The van der Waals surface area contributed by atoms with Crippen LogP contribution in [0, 0.1) is 0 Å². The molecule has 0 heterocycles. The minimum absolute atomic E-state index is 0.291. The molecule has 1 aliphatic rings. The first-order valence-corrected chi connectivity index (χ1v) is 6.57. The van der Waals surface area contributed by atoms with Crippen LogP contribution in [-0.4, -0.2) is 54.3 Å². The van der Waals surface area contributed by atoms with Gasteiger partial charge in [-0.3, -0.25) is 9.59 Å². The molecule has 0 fully saturated rings. The van der Waals surface area contributed by atoms with Gasteiger partial charge in [-0.25, -0.2) is 0 Å². The van der Waals surface area contributed by atoms with Crippen LogP contribution in [-0.2, 0) is 4.74 Å². The average Bonchev–Trinajstić information content (AvgIpc) is 2.51. The maximum atomic E-state index is 12.6. The summed E-state index contributed by atoms with van der Waals surface area (Å²) < 4.78 is 14.8. The van der Waals surface area contributed by atoms with Crippen molar-refractivity contribution in [2.24, 2.45) is 0 Å². The third-order valence-corrected chi connectivity index (χ3v) is 3.54. The van der Waals surface area contributed by atoms with Gasteiger partial charge >= 0.3 is 0 Å². The van der Waals surface area contributed by atoms with Gasteiger partial charge in [-0.2, -0.15) is 0 Å². The van der Waals surface area contributed by atoms with Crippen molar-refractivity contribution >= 4 is 11.6 Å². The molecule has 3 N–H and O–H groups in total. The van der Waals surface area contributed by atoms with Gasteiger partial charge in [0.25, 0.3) is 0 Å². The Hall–Kier alpha value is -2.74. The molecule has 0 spiro atoms. The van der Waals surface area contributed by atoms with Crippen molar-refractivity contribution in [1.82, 2.24) is 0 Å². The Labute approximate surface area is 131 Å². The monoisotopic (exact) mass is 324 g/mol. The number of methoxy groups -OCH3 is 3. The SMILES string of the molecule is COC1=C(C(C)O)C(=O)c2c(O)c(OC)c(OC)c(O)c2C1=O. The Kier molecular flexibility index (Phi) is 4.20. The summed E-state index contributed by atoms with van der Waals surface area (Å²) in [6.07, 6.45) is -1.32. The number of ether oxygens (including phenoxy) is 3. The van der Waals surface area contributed by atoms with Crippen molar-refractivity contribution in [3.8, 4) is 23.0 Å². The topological polar surface area (TPSA) is 123 Å². The molecule has 8 heteroatoms. The van der Waals surface area contributed by atoms with Gasteiger partial charge in [0.2, 0.25) is 17.3 Å². The zero-order valence-corrected chi connectivity index (χ0v) is 13.0. The molecule has 2 rings (SSSR count). The number of phenolic OH excluding ortho intramolecular Hbond substituents is 2. The maximum Gasteiger partial charge on any atom is 0.232 e. The summed E-state index contributed by atoms with van der Waals surface area (Å²) in [6.45, 7) is 1.28. The Morgan fingerprint density at radius 1 is 0.826 bits per heavy atom. The predicted molar refractivity (Wildman–Crippen MR) is 77.3 cm³/mol. The van der Waals surface area contributed by atoms with E-state index in [2.05, 4.69) is 0 Å². The Bertz CT molecular complexity index is 730. The van der Waals surface area contributed by atoms with Gasteiger partial charge in [0.1, 0.15) is 0 Å². The van der Waals surface area contributed by atoms with Crippen molar-refractivity contribution in [2.45, 2.75) is 13.0 Å². The van der Waals surface area contributed by atoms with Crippen LogP contribution in [0.15, 0.2) is 11.3 Å². The van der Waals surface area contributed by atoms with Crippen LogP contribution < -0.4 is 9.47 Å². The van der Waals surface area contributed by atoms with Gasteiger partial charge in [0.15, 0.2) is 23.0 Å². The van der Waals surface area contributed by atoms with Crippen LogP contribution in [0.3, 0.4) is 0 Å². The predicted octanol–water partition coefficient (Wildman–Crippen LogP) is 0.775. The number of hydrogen-bond acceptors (Lipinski definition) is 8. The highest BCUT2D eigenvalue weighted by Crippen LogP contribution is 2.51. The van der Waals surface area contributed by atoms with Gasteiger partial charge in [0, 0.05) is 0 Å². The number of phenols is 2. The number of aliphatic hydroxyl groups is 1. The van der Waals surface area contributed by atoms with Crippen LogP contribution >= 0.6 is 0 Å². The molecular formula is C15H16O8. The Balaban J connectivity index is 2.92. The molecule has 0 amide bonds. The van der Waals surface area contributed by atoms with E-state index in [1.165, 1.54) is 21.1 Å². The third kappa shape index (κ3) is 2.18. The van der Waals surface area contributed by atoms with Crippen LogP contribution in [0.1, 0.15) is 27.6 Å². The lowest BCUT2D eigenvalue weighted by Crippen LogP contribution is -2.28. The van der Waals surface area contributed by atoms with Gasteiger partial charge < -0.3 is 29.5 Å². The highest BCUT2D eigenvalue weighted by molar-refractivity contribution is 6.29. The van der Waals surface area contributed by atoms with Gasteiger partial charge in [-0.05, 0) is 6.92 Å². The highest BCUT2D eigenvalue weighted by atomic mass is 16.5. The Morgan fingerprint density at radius 3 is 1.61 bits per heavy atom. The molecule has 8 nitrogen and oxygen atoms in total. The number of carbonyl (C=O) groups excluding carboxylic acids is 2. The molecule has 0 aliphatic heterocycles. The van der Waals surface area contributed by atoms with Crippen LogP contribution in [0.2, 0.25) is 0 Å². The first-order chi connectivity index (χ1) is 10.8. The lowest BCUT2D eigenvalue weighted by molar-refractivity contribution is 0.0865. The summed E-state index contributed by atoms with van der Waals surface area (Å²) in [6, 6.07) is 0. The van der Waals surface area contributed by atoms with E-state index in [1.807, 2.05) is 0 Å². The molecule has 0 bridgehead atoms. The molecule has 1 aliphatic carbocycles. The van der Waals surface area contributed by atoms with Crippen molar-refractivity contribution in [3.63, 3.8) is 0 Å². The molecule has 1 aromatic carbocycles. The fraction of sp³-hybridized carbons (Fsp3) is 0.333. The van der Waals surface area contributed by atoms with Crippen molar-refractivity contribution in [2.75, 3.05) is 21.3 Å². The van der Waals surface area contributed by atoms with E-state index >= 15 is 0 Å². The second-order valence-electron chi connectivity index (χ2n) is 4.79. The maximum absolute atomic E-state index is 12.6. The van der Waals surface area contributed by atoms with E-state index in [4.69, 9.17) is 14.2 Å². The zero-order chi connectivity index (χ0) is 17.5. The molecule has 0 radical (unpaired) electrons. The third-order valence-electron chi connectivity index (χ3n) is 3.54. The van der Waals surface area contributed by atoms with E-state index in [-0.39, 0.29) is 17.1 Å². The van der Waals surface area contributed by atoms with Crippen molar-refractivity contribution in [3.05, 3.63) is 22.5 Å². The molecule has 1 aromatic rings. The van der Waals surface area contributed by atoms with E-state index < -0.39 is 46.1 Å². The summed E-state index contributed by atoms with van der Waals surface area (Å²) in [4.78, 5) is 25.1. The largest absolute Gasteiger partial charge is 0.504 e. The number of aromatic hydroxyl groups is 2. The molecule has 23 heavy (non-hydrogen) atoms. The number of hydrogen-bond donors (Lipinski definition) is 3. The minimum Gasteiger partial charge on any atom is -0.504 e. The lowest BCUT2D eigenvalue weighted by atomic mass is 9.84. The normalized spacial score (nSPS) is 15.3. The molecule has 0 saturated heterocycles. The number of fused-ring (bicyclic) bond motifs is 1. The molecule has 0 aromatic heterocycles. The smallest absolute Gasteiger partial charge is 0.232 e. The number of Topliss-reactive ketones (excluding diaryl/α,β-unsaturated/α-hetero) is 2. The Morgan fingerprint density at radius 2 is 1.26 bits per heavy atom. The van der Waals surface area contributed by atoms with E-state index in [9.17, 15) is 24.9 Å². The van der Waals surface area contributed by atoms with Crippen LogP contribution in [0.4, 0.5) is 0 Å². The van der Waals surface area contributed by atoms with E-state index in [0.29, 0.717) is 0 Å². The molecular weight excluding hydrogens is 308 g/mol. The van der Waals surface area contributed by atoms with E-state index in [0.717, 1.165) is 7.11 Å². The number of rotatable bonds is 4. The standard InChI is InChI=1S/C15H16O8/c1-5(16)6-9(17)7-8(10(18)13(6)21-2)12(20)15(23-4)14(22-3)11(7)19/h5,16,19-20H,1-4H3. The summed E-state index contributed by atoms with van der Waals surface area (Å²) in [5.74, 6) is -4.01. The van der Waals surface area contributed by atoms with Crippen molar-refractivity contribution < 1.29 is 39.1 Å². The second kappa shape index (κ2) is 5.81. The second-order valence-corrected chi connectivity index (χ2v) is 4.79. The zero-order valence-electron chi connectivity index (χ0n) is 13.0. The molecule has 0 saturated carbocycles. The highest BCUT2D eigenvalue weighted by Gasteiger charge is 2.42. The first-order valence-electron chi connectivity index (χ1n) is 6.57. The van der Waals surface area contributed by atoms with Crippen molar-refractivity contribution in [1.29, 1.82) is 0 Å². The van der Waals surface area contributed by atoms with Gasteiger partial charge in [-0.15, -0.1) is 0 Å². The minimum atomic E-state index is -1.32. The van der Waals surface area contributed by atoms with Crippen LogP contribution in [0.5, 0.6) is 23.0 Å². The molecule has 124 valence electrons. The quantitative estimate of drug-likeness (QED) is 0.694. The average molecular weight is 324 g/mol. The number of aliphatic hydroxyl groups excluding tert-OH is 1. The van der Waals surface area contributed by atoms with E-state index in [1.54, 1.807) is 0 Å². The number of allylic oxidation sites excluding steroid dienone is 1. The number of benzene rings is 1. The number of ketones is 2. The fourth-order valence-electron chi connectivity index (χ4n) is 2.56. The van der Waals surface area contributed by atoms with Crippen LogP contribution in [0.25, 0.3) is 0 Å². The summed E-state index contributed by atoms with van der Waals surface area (Å²) in [5.41, 5.74) is -1.25. The fourth-order valence-corrected chi connectivity index (χ4v) is 2.56. The lowest BCUT2D eigenvalue weighted by Gasteiger charge is -2.24. The summed E-state index contributed by atoms with van der Waals surface area (Å²) >= 11 is 0. The summed E-state index contributed by atoms with van der Waals surface area (Å²) in [7, 11) is 3.56. The summed E-state index contributed by atoms with van der Waals surface area (Å²) in [5, 5.41) is 30.3. The molecule has 1 unspecified atom stereocenters. The van der Waals surface area contributed by atoms with Gasteiger partial charge in [-0.1, -0.05) is 0 Å².